The molecule has 7 nitrogen and oxygen atoms in total. The topological polar surface area (TPSA) is 76.5 Å². The lowest BCUT2D eigenvalue weighted by atomic mass is 9.95. The van der Waals surface area contributed by atoms with Crippen LogP contribution in [0.2, 0.25) is 0 Å². The monoisotopic (exact) mass is 596 g/mol. The summed E-state index contributed by atoms with van der Waals surface area (Å²) in [5, 5.41) is 7.07. The number of ether oxygens (including phenoxy) is 1. The van der Waals surface area contributed by atoms with Crippen LogP contribution in [0.3, 0.4) is 0 Å². The average molecular weight is 597 g/mol. The summed E-state index contributed by atoms with van der Waals surface area (Å²) in [4.78, 5) is 29.8. The number of nitrogens with zero attached hydrogens (tertiary/aromatic N) is 3. The lowest BCUT2D eigenvalue weighted by molar-refractivity contribution is -0.142. The maximum atomic E-state index is 14.3. The van der Waals surface area contributed by atoms with E-state index in [2.05, 4.69) is 24.3 Å². The lowest BCUT2D eigenvalue weighted by Crippen LogP contribution is -2.47. The number of benzene rings is 2. The highest BCUT2D eigenvalue weighted by Gasteiger charge is 2.41. The van der Waals surface area contributed by atoms with Crippen molar-refractivity contribution in [3.63, 3.8) is 0 Å². The van der Waals surface area contributed by atoms with Crippen molar-refractivity contribution < 1.29 is 27.5 Å². The molecule has 5 rings (SSSR count). The van der Waals surface area contributed by atoms with E-state index in [9.17, 15) is 22.8 Å². The number of carbonyl (C=O) groups is 2. The summed E-state index contributed by atoms with van der Waals surface area (Å²) >= 11 is 0. The molecule has 3 aromatic rings. The molecule has 1 saturated carbocycles. The first-order valence-electron chi connectivity index (χ1n) is 15.1. The van der Waals surface area contributed by atoms with Crippen molar-refractivity contribution in [2.45, 2.75) is 95.9 Å². The summed E-state index contributed by atoms with van der Waals surface area (Å²) in [6.45, 7) is 3.70. The van der Waals surface area contributed by atoms with Gasteiger partial charge in [-0.25, -0.2) is 0 Å². The van der Waals surface area contributed by atoms with Crippen LogP contribution < -0.4 is 15.0 Å². The first-order chi connectivity index (χ1) is 20.6. The Kier molecular flexibility index (Phi) is 9.13. The number of halogens is 3. The molecular formula is C33H39F3N4O3. The fourth-order valence-electron chi connectivity index (χ4n) is 6.24. The molecule has 230 valence electrons. The molecule has 0 saturated heterocycles. The van der Waals surface area contributed by atoms with Gasteiger partial charge in [-0.05, 0) is 79.8 Å². The number of amides is 2. The third kappa shape index (κ3) is 6.73. The summed E-state index contributed by atoms with van der Waals surface area (Å²) in [5.74, 6) is -0.0144. The number of aromatic nitrogens is 2. The van der Waals surface area contributed by atoms with Gasteiger partial charge in [-0.2, -0.15) is 18.3 Å². The molecule has 1 aromatic heterocycles. The van der Waals surface area contributed by atoms with Gasteiger partial charge >= 0.3 is 6.18 Å². The van der Waals surface area contributed by atoms with E-state index in [1.165, 1.54) is 9.58 Å². The van der Waals surface area contributed by atoms with Gasteiger partial charge in [0.1, 0.15) is 18.3 Å². The first-order valence-corrected chi connectivity index (χ1v) is 15.1. The molecule has 0 unspecified atom stereocenters. The summed E-state index contributed by atoms with van der Waals surface area (Å²) < 4.78 is 48.3. The molecule has 2 aromatic carbocycles. The Morgan fingerprint density at radius 1 is 0.977 bits per heavy atom. The number of alkyl halides is 3. The first kappa shape index (κ1) is 30.6. The van der Waals surface area contributed by atoms with E-state index in [-0.39, 0.29) is 29.9 Å². The molecule has 0 spiro atoms. The van der Waals surface area contributed by atoms with Gasteiger partial charge in [0.25, 0.3) is 0 Å². The minimum absolute atomic E-state index is 0.000922. The Hall–Kier alpha value is -3.82. The van der Waals surface area contributed by atoms with Crippen LogP contribution in [0.1, 0.15) is 92.4 Å². The van der Waals surface area contributed by atoms with E-state index in [1.54, 1.807) is 43.5 Å². The smallest absolute Gasteiger partial charge is 0.435 e. The third-order valence-corrected chi connectivity index (χ3v) is 8.56. The summed E-state index contributed by atoms with van der Waals surface area (Å²) in [6.07, 6.45) is 1.20. The minimum Gasteiger partial charge on any atom is -0.497 e. The molecule has 1 atom stereocenters. The van der Waals surface area contributed by atoms with Crippen molar-refractivity contribution >= 4 is 17.5 Å². The van der Waals surface area contributed by atoms with Gasteiger partial charge < -0.3 is 10.1 Å². The lowest BCUT2D eigenvalue weighted by Gasteiger charge is -2.33. The van der Waals surface area contributed by atoms with Crippen LogP contribution >= 0.6 is 0 Å². The zero-order valence-electron chi connectivity index (χ0n) is 24.9. The van der Waals surface area contributed by atoms with Crippen molar-refractivity contribution in [1.82, 2.24) is 15.1 Å². The van der Waals surface area contributed by atoms with Crippen LogP contribution in [0.5, 0.6) is 5.75 Å². The van der Waals surface area contributed by atoms with Gasteiger partial charge in [0.2, 0.25) is 11.8 Å². The zero-order valence-corrected chi connectivity index (χ0v) is 24.9. The molecule has 0 aliphatic heterocycles. The predicted molar refractivity (Wildman–Crippen MR) is 158 cm³/mol. The van der Waals surface area contributed by atoms with E-state index in [4.69, 9.17) is 4.74 Å². The summed E-state index contributed by atoms with van der Waals surface area (Å²) in [6, 6.07) is 13.3. The zero-order chi connectivity index (χ0) is 30.7. The number of fused-ring (bicyclic) bond motifs is 1. The van der Waals surface area contributed by atoms with Crippen LogP contribution in [-0.4, -0.2) is 34.7 Å². The Bertz CT molecular complexity index is 1430. The molecule has 1 fully saturated rings. The van der Waals surface area contributed by atoms with Gasteiger partial charge in [-0.3, -0.25) is 19.2 Å². The number of anilines is 1. The normalized spacial score (nSPS) is 16.2. The quantitative estimate of drug-likeness (QED) is 0.297. The molecule has 0 bridgehead atoms. The maximum absolute atomic E-state index is 14.3. The fourth-order valence-corrected chi connectivity index (χ4v) is 6.24. The highest BCUT2D eigenvalue weighted by atomic mass is 19.4. The van der Waals surface area contributed by atoms with Crippen molar-refractivity contribution in [2.75, 3.05) is 12.0 Å². The Morgan fingerprint density at radius 3 is 2.21 bits per heavy atom. The second-order valence-electron chi connectivity index (χ2n) is 11.8. The Balaban J connectivity index is 1.59. The van der Waals surface area contributed by atoms with E-state index in [0.29, 0.717) is 35.5 Å². The maximum Gasteiger partial charge on any atom is 0.435 e. The number of rotatable bonds is 9. The number of methoxy groups -OCH3 is 1. The Morgan fingerprint density at radius 2 is 1.60 bits per heavy atom. The SMILES string of the molecule is COc1ccc([C@H](C(=O)NC2CCCC2)N(C(=O)Cn2nc(C(F)(F)F)c3c2CCCC3)c2ccc(C(C)C)cc2)cc1. The van der Waals surface area contributed by atoms with Crippen LogP contribution in [0.15, 0.2) is 48.5 Å². The second-order valence-corrected chi connectivity index (χ2v) is 11.8. The molecule has 0 radical (unpaired) electrons. The molecular weight excluding hydrogens is 557 g/mol. The molecule has 1 N–H and O–H groups in total. The Labute approximate surface area is 250 Å². The van der Waals surface area contributed by atoms with Crippen LogP contribution in [-0.2, 0) is 35.2 Å². The molecule has 2 amide bonds. The van der Waals surface area contributed by atoms with Gasteiger partial charge in [-0.1, -0.05) is 51.0 Å². The largest absolute Gasteiger partial charge is 0.497 e. The second kappa shape index (κ2) is 12.8. The number of hydrogen-bond acceptors (Lipinski definition) is 4. The molecule has 2 aliphatic carbocycles. The van der Waals surface area contributed by atoms with Crippen LogP contribution in [0.4, 0.5) is 18.9 Å². The highest BCUT2D eigenvalue weighted by Crippen LogP contribution is 2.37. The number of carbonyl (C=O) groups excluding carboxylic acids is 2. The fraction of sp³-hybridized carbons (Fsp3) is 0.485. The van der Waals surface area contributed by atoms with Crippen molar-refractivity contribution in [2.24, 2.45) is 0 Å². The van der Waals surface area contributed by atoms with E-state index in [1.807, 2.05) is 12.1 Å². The van der Waals surface area contributed by atoms with Crippen molar-refractivity contribution in [3.8, 4) is 5.75 Å². The van der Waals surface area contributed by atoms with Crippen molar-refractivity contribution in [1.29, 1.82) is 0 Å². The third-order valence-electron chi connectivity index (χ3n) is 8.56. The predicted octanol–water partition coefficient (Wildman–Crippen LogP) is 6.75. The molecule has 1 heterocycles. The van der Waals surface area contributed by atoms with Gasteiger partial charge in [0, 0.05) is 23.0 Å². The van der Waals surface area contributed by atoms with Gasteiger partial charge in [0.05, 0.1) is 7.11 Å². The standard InChI is InChI=1S/C33H39F3N4O3/c1-21(2)22-12-16-25(17-13-22)40(29(41)20-39-28-11-7-6-10-27(28)31(38-39)33(34,35)36)30(23-14-18-26(43-3)19-15-23)32(42)37-24-8-4-5-9-24/h12-19,21,24,30H,4-11,20H2,1-3H3,(H,37,42)/t30-/m1/s1. The molecule has 43 heavy (non-hydrogen) atoms. The van der Waals surface area contributed by atoms with Crippen molar-refractivity contribution in [3.05, 3.63) is 76.6 Å². The van der Waals surface area contributed by atoms with E-state index < -0.39 is 30.4 Å². The molecule has 10 heteroatoms. The number of hydrogen-bond donors (Lipinski definition) is 1. The minimum atomic E-state index is -4.62. The van der Waals surface area contributed by atoms with Crippen LogP contribution in [0, 0.1) is 0 Å². The number of nitrogens with one attached hydrogen (secondary N) is 1. The van der Waals surface area contributed by atoms with E-state index >= 15 is 0 Å². The van der Waals surface area contributed by atoms with Crippen LogP contribution in [0.25, 0.3) is 0 Å². The van der Waals surface area contributed by atoms with Gasteiger partial charge in [-0.15, -0.1) is 0 Å². The average Bonchev–Trinajstić information content (AvgIpc) is 3.64. The highest BCUT2D eigenvalue weighted by molar-refractivity contribution is 6.01. The summed E-state index contributed by atoms with van der Waals surface area (Å²) in [7, 11) is 1.55. The molecule has 2 aliphatic rings. The van der Waals surface area contributed by atoms with Gasteiger partial charge in [0.15, 0.2) is 5.69 Å². The summed E-state index contributed by atoms with van der Waals surface area (Å²) in [5.41, 5.74) is 1.80. The van der Waals surface area contributed by atoms with E-state index in [0.717, 1.165) is 37.7 Å².